The Labute approximate surface area is 90.5 Å². The normalized spacial score (nSPS) is 10.3. The van der Waals surface area contributed by atoms with Gasteiger partial charge in [-0.3, -0.25) is 9.59 Å². The molecule has 0 aliphatic rings. The summed E-state index contributed by atoms with van der Waals surface area (Å²) in [5, 5.41) is 11.1. The molecule has 0 aliphatic carbocycles. The van der Waals surface area contributed by atoms with Crippen molar-refractivity contribution in [3.8, 4) is 0 Å². The van der Waals surface area contributed by atoms with Gasteiger partial charge in [-0.25, -0.2) is 0 Å². The Morgan fingerprint density at radius 1 is 1.20 bits per heavy atom. The van der Waals surface area contributed by atoms with Crippen molar-refractivity contribution in [3.63, 3.8) is 0 Å². The number of rotatable bonds is 8. The first kappa shape index (κ1) is 13.9. The molecular weight excluding hydrogens is 196 g/mol. The first-order valence-corrected chi connectivity index (χ1v) is 5.15. The van der Waals surface area contributed by atoms with E-state index in [0.717, 1.165) is 13.0 Å². The van der Waals surface area contributed by atoms with Crippen molar-refractivity contribution >= 4 is 11.9 Å². The van der Waals surface area contributed by atoms with Gasteiger partial charge in [0.1, 0.15) is 0 Å². The number of carboxylic acid groups (broad SMARTS) is 1. The second-order valence-electron chi connectivity index (χ2n) is 3.75. The second kappa shape index (κ2) is 8.23. The topological polar surface area (TPSA) is 69.6 Å². The van der Waals surface area contributed by atoms with E-state index >= 15 is 0 Å². The first-order valence-electron chi connectivity index (χ1n) is 5.15. The van der Waals surface area contributed by atoms with Gasteiger partial charge < -0.3 is 15.3 Å². The maximum atomic E-state index is 11.2. The molecule has 5 nitrogen and oxygen atoms in total. The Morgan fingerprint density at radius 2 is 1.87 bits per heavy atom. The van der Waals surface area contributed by atoms with E-state index < -0.39 is 5.97 Å². The van der Waals surface area contributed by atoms with Crippen molar-refractivity contribution in [1.82, 2.24) is 10.2 Å². The van der Waals surface area contributed by atoms with E-state index in [9.17, 15) is 9.59 Å². The molecule has 5 heteroatoms. The van der Waals surface area contributed by atoms with Crippen LogP contribution in [0, 0.1) is 0 Å². The summed E-state index contributed by atoms with van der Waals surface area (Å²) in [5.74, 6) is -0.757. The number of carbonyl (C=O) groups excluding carboxylic acids is 1. The van der Waals surface area contributed by atoms with E-state index in [1.54, 1.807) is 0 Å². The molecule has 0 aliphatic heterocycles. The summed E-state index contributed by atoms with van der Waals surface area (Å²) in [6, 6.07) is 0. The van der Waals surface area contributed by atoms with Gasteiger partial charge in [-0.05, 0) is 26.9 Å². The SMILES string of the molecule is CN(C)CCC(=O)NCCCCC(=O)O. The molecule has 0 saturated heterocycles. The molecule has 0 bridgehead atoms. The lowest BCUT2D eigenvalue weighted by Gasteiger charge is -2.09. The van der Waals surface area contributed by atoms with Gasteiger partial charge in [0.05, 0.1) is 0 Å². The fraction of sp³-hybridized carbons (Fsp3) is 0.800. The molecule has 1 amide bonds. The predicted molar refractivity (Wildman–Crippen MR) is 57.7 cm³/mol. The van der Waals surface area contributed by atoms with Crippen molar-refractivity contribution in [2.45, 2.75) is 25.7 Å². The maximum absolute atomic E-state index is 11.2. The summed E-state index contributed by atoms with van der Waals surface area (Å²) in [6.07, 6.45) is 2.00. The zero-order valence-electron chi connectivity index (χ0n) is 9.45. The van der Waals surface area contributed by atoms with Crippen molar-refractivity contribution < 1.29 is 14.7 Å². The van der Waals surface area contributed by atoms with Crippen LogP contribution >= 0.6 is 0 Å². The quantitative estimate of drug-likeness (QED) is 0.573. The standard InChI is InChI=1S/C10H20N2O3/c1-12(2)8-6-9(13)11-7-4-3-5-10(14)15/h3-8H2,1-2H3,(H,11,13)(H,14,15). The van der Waals surface area contributed by atoms with Gasteiger partial charge in [0.25, 0.3) is 0 Å². The van der Waals surface area contributed by atoms with Crippen LogP contribution in [-0.4, -0.2) is 49.1 Å². The monoisotopic (exact) mass is 216 g/mol. The number of unbranched alkanes of at least 4 members (excludes halogenated alkanes) is 1. The summed E-state index contributed by atoms with van der Waals surface area (Å²) < 4.78 is 0. The van der Waals surface area contributed by atoms with Crippen LogP contribution in [0.15, 0.2) is 0 Å². The van der Waals surface area contributed by atoms with Crippen LogP contribution in [-0.2, 0) is 9.59 Å². The fourth-order valence-corrected chi connectivity index (χ4v) is 1.04. The zero-order chi connectivity index (χ0) is 11.7. The largest absolute Gasteiger partial charge is 0.481 e. The Hall–Kier alpha value is -1.10. The molecule has 15 heavy (non-hydrogen) atoms. The van der Waals surface area contributed by atoms with Gasteiger partial charge in [0, 0.05) is 25.9 Å². The summed E-state index contributed by atoms with van der Waals surface area (Å²) in [4.78, 5) is 23.3. The maximum Gasteiger partial charge on any atom is 0.303 e. The van der Waals surface area contributed by atoms with Crippen LogP contribution in [0.3, 0.4) is 0 Å². The first-order chi connectivity index (χ1) is 7.02. The van der Waals surface area contributed by atoms with E-state index in [2.05, 4.69) is 5.32 Å². The lowest BCUT2D eigenvalue weighted by Crippen LogP contribution is -2.28. The number of nitrogens with one attached hydrogen (secondary N) is 1. The minimum absolute atomic E-state index is 0.0269. The van der Waals surface area contributed by atoms with Gasteiger partial charge in [0.15, 0.2) is 0 Å². The number of carbonyl (C=O) groups is 2. The lowest BCUT2D eigenvalue weighted by molar-refractivity contribution is -0.137. The summed E-state index contributed by atoms with van der Waals surface area (Å²) in [6.45, 7) is 1.31. The van der Waals surface area contributed by atoms with E-state index in [4.69, 9.17) is 5.11 Å². The van der Waals surface area contributed by atoms with Gasteiger partial charge in [0.2, 0.25) is 5.91 Å². The molecule has 88 valence electrons. The van der Waals surface area contributed by atoms with Crippen LogP contribution in [0.2, 0.25) is 0 Å². The summed E-state index contributed by atoms with van der Waals surface area (Å²) in [5.41, 5.74) is 0. The van der Waals surface area contributed by atoms with Crippen molar-refractivity contribution in [1.29, 1.82) is 0 Å². The zero-order valence-corrected chi connectivity index (χ0v) is 9.45. The third-order valence-corrected chi connectivity index (χ3v) is 1.93. The Kier molecular flexibility index (Phi) is 7.62. The number of amides is 1. The van der Waals surface area contributed by atoms with Crippen molar-refractivity contribution in [2.75, 3.05) is 27.2 Å². The highest BCUT2D eigenvalue weighted by molar-refractivity contribution is 5.76. The number of hydrogen-bond acceptors (Lipinski definition) is 3. The molecule has 0 unspecified atom stereocenters. The predicted octanol–water partition coefficient (Wildman–Crippen LogP) is 0.309. The molecule has 0 rings (SSSR count). The Balaban J connectivity index is 3.28. The molecule has 0 aromatic carbocycles. The number of nitrogens with zero attached hydrogens (tertiary/aromatic N) is 1. The Morgan fingerprint density at radius 3 is 2.40 bits per heavy atom. The molecule has 0 spiro atoms. The molecule has 0 atom stereocenters. The molecule has 0 radical (unpaired) electrons. The lowest BCUT2D eigenvalue weighted by atomic mass is 10.2. The van der Waals surface area contributed by atoms with E-state index in [0.29, 0.717) is 19.4 Å². The van der Waals surface area contributed by atoms with Gasteiger partial charge in [-0.1, -0.05) is 0 Å². The van der Waals surface area contributed by atoms with E-state index in [-0.39, 0.29) is 12.3 Å². The van der Waals surface area contributed by atoms with E-state index in [1.165, 1.54) is 0 Å². The van der Waals surface area contributed by atoms with Crippen LogP contribution in [0.5, 0.6) is 0 Å². The minimum Gasteiger partial charge on any atom is -0.481 e. The fourth-order valence-electron chi connectivity index (χ4n) is 1.04. The molecule has 0 aromatic rings. The van der Waals surface area contributed by atoms with Crippen LogP contribution in [0.1, 0.15) is 25.7 Å². The number of carboxylic acids is 1. The average molecular weight is 216 g/mol. The van der Waals surface area contributed by atoms with Gasteiger partial charge >= 0.3 is 5.97 Å². The van der Waals surface area contributed by atoms with Gasteiger partial charge in [-0.2, -0.15) is 0 Å². The molecule has 0 saturated carbocycles. The third-order valence-electron chi connectivity index (χ3n) is 1.93. The average Bonchev–Trinajstić information content (AvgIpc) is 2.13. The number of hydrogen-bond donors (Lipinski definition) is 2. The second-order valence-corrected chi connectivity index (χ2v) is 3.75. The third kappa shape index (κ3) is 10.8. The molecule has 0 fully saturated rings. The van der Waals surface area contributed by atoms with Crippen LogP contribution in [0.25, 0.3) is 0 Å². The van der Waals surface area contributed by atoms with Crippen molar-refractivity contribution in [2.24, 2.45) is 0 Å². The molecular formula is C10H20N2O3. The molecule has 0 heterocycles. The molecule has 2 N–H and O–H groups in total. The van der Waals surface area contributed by atoms with Crippen molar-refractivity contribution in [3.05, 3.63) is 0 Å². The summed E-state index contributed by atoms with van der Waals surface area (Å²) >= 11 is 0. The highest BCUT2D eigenvalue weighted by atomic mass is 16.4. The van der Waals surface area contributed by atoms with Crippen LogP contribution < -0.4 is 5.32 Å². The molecule has 0 aromatic heterocycles. The highest BCUT2D eigenvalue weighted by Gasteiger charge is 2.01. The van der Waals surface area contributed by atoms with Crippen LogP contribution in [0.4, 0.5) is 0 Å². The smallest absolute Gasteiger partial charge is 0.303 e. The minimum atomic E-state index is -0.783. The summed E-state index contributed by atoms with van der Waals surface area (Å²) in [7, 11) is 3.83. The van der Waals surface area contributed by atoms with Gasteiger partial charge in [-0.15, -0.1) is 0 Å². The Bertz CT molecular complexity index is 205. The highest BCUT2D eigenvalue weighted by Crippen LogP contribution is 1.93. The van der Waals surface area contributed by atoms with E-state index in [1.807, 2.05) is 19.0 Å². The number of aliphatic carboxylic acids is 1.